The van der Waals surface area contributed by atoms with E-state index < -0.39 is 0 Å². The lowest BCUT2D eigenvalue weighted by molar-refractivity contribution is 0.681. The molecule has 98 valence electrons. The van der Waals surface area contributed by atoms with Crippen LogP contribution in [-0.2, 0) is 6.42 Å². The van der Waals surface area contributed by atoms with Crippen molar-refractivity contribution >= 4 is 5.69 Å². The van der Waals surface area contributed by atoms with Gasteiger partial charge in [-0.3, -0.25) is 0 Å². The normalized spacial score (nSPS) is 17.7. The summed E-state index contributed by atoms with van der Waals surface area (Å²) in [6.07, 6.45) is 2.41. The number of aryl methyl sites for hydroxylation is 3. The Morgan fingerprint density at radius 1 is 1.05 bits per heavy atom. The molecule has 0 saturated heterocycles. The molecule has 1 aliphatic rings. The molecule has 0 aromatic heterocycles. The molecular formula is C18H21N. The summed E-state index contributed by atoms with van der Waals surface area (Å²) < 4.78 is 0. The summed E-state index contributed by atoms with van der Waals surface area (Å²) in [6, 6.07) is 14.1. The number of hydrogen-bond donors (Lipinski definition) is 1. The van der Waals surface area contributed by atoms with Gasteiger partial charge in [-0.1, -0.05) is 29.8 Å². The summed E-state index contributed by atoms with van der Waals surface area (Å²) >= 11 is 0. The van der Waals surface area contributed by atoms with Crippen molar-refractivity contribution in [3.63, 3.8) is 0 Å². The van der Waals surface area contributed by atoms with Crippen molar-refractivity contribution in [1.29, 1.82) is 0 Å². The van der Waals surface area contributed by atoms with Crippen LogP contribution in [0.4, 0.5) is 5.69 Å². The smallest absolute Gasteiger partial charge is 0.0375 e. The van der Waals surface area contributed by atoms with E-state index in [1.54, 1.807) is 0 Å². The van der Waals surface area contributed by atoms with Gasteiger partial charge in [0, 0.05) is 11.7 Å². The molecule has 1 N–H and O–H groups in total. The van der Waals surface area contributed by atoms with Crippen molar-refractivity contribution in [3.8, 4) is 11.1 Å². The highest BCUT2D eigenvalue weighted by Gasteiger charge is 2.14. The number of benzene rings is 2. The van der Waals surface area contributed by atoms with Gasteiger partial charge in [0.1, 0.15) is 0 Å². The van der Waals surface area contributed by atoms with Crippen LogP contribution in [0.5, 0.6) is 0 Å². The summed E-state index contributed by atoms with van der Waals surface area (Å²) in [4.78, 5) is 0. The first-order valence-electron chi connectivity index (χ1n) is 7.10. The van der Waals surface area contributed by atoms with E-state index in [2.05, 4.69) is 62.5 Å². The van der Waals surface area contributed by atoms with Crippen molar-refractivity contribution in [1.82, 2.24) is 0 Å². The van der Waals surface area contributed by atoms with Gasteiger partial charge in [0.05, 0.1) is 0 Å². The third-order valence-electron chi connectivity index (χ3n) is 4.05. The summed E-state index contributed by atoms with van der Waals surface area (Å²) in [5.41, 5.74) is 8.15. The van der Waals surface area contributed by atoms with Crippen molar-refractivity contribution in [2.45, 2.75) is 39.7 Å². The molecule has 2 aromatic rings. The number of hydrogen-bond acceptors (Lipinski definition) is 1. The highest BCUT2D eigenvalue weighted by molar-refractivity contribution is 5.72. The second-order valence-corrected chi connectivity index (χ2v) is 5.77. The highest BCUT2D eigenvalue weighted by Crippen LogP contribution is 2.31. The van der Waals surface area contributed by atoms with Gasteiger partial charge in [-0.05, 0) is 68.0 Å². The van der Waals surface area contributed by atoms with Gasteiger partial charge in [-0.25, -0.2) is 0 Å². The zero-order valence-electron chi connectivity index (χ0n) is 12.0. The summed E-state index contributed by atoms with van der Waals surface area (Å²) in [5.74, 6) is 0. The summed E-state index contributed by atoms with van der Waals surface area (Å²) in [6.45, 7) is 6.60. The van der Waals surface area contributed by atoms with E-state index in [-0.39, 0.29) is 0 Å². The molecule has 0 amide bonds. The Labute approximate surface area is 115 Å². The van der Waals surface area contributed by atoms with Crippen LogP contribution >= 0.6 is 0 Å². The zero-order chi connectivity index (χ0) is 13.4. The first-order valence-corrected chi connectivity index (χ1v) is 7.10. The molecule has 19 heavy (non-hydrogen) atoms. The van der Waals surface area contributed by atoms with Crippen molar-refractivity contribution in [2.75, 3.05) is 5.32 Å². The third kappa shape index (κ3) is 2.37. The van der Waals surface area contributed by atoms with Crippen LogP contribution in [0.1, 0.15) is 30.0 Å². The van der Waals surface area contributed by atoms with Gasteiger partial charge in [-0.2, -0.15) is 0 Å². The molecular weight excluding hydrogens is 230 g/mol. The monoisotopic (exact) mass is 251 g/mol. The van der Waals surface area contributed by atoms with Crippen LogP contribution in [0.2, 0.25) is 0 Å². The van der Waals surface area contributed by atoms with Crippen LogP contribution in [-0.4, -0.2) is 6.04 Å². The fourth-order valence-corrected chi connectivity index (χ4v) is 2.96. The minimum atomic E-state index is 0.597. The first kappa shape index (κ1) is 12.3. The molecule has 1 nitrogen and oxygen atoms in total. The lowest BCUT2D eigenvalue weighted by Crippen LogP contribution is -2.21. The Bertz CT molecular complexity index is 613. The number of anilines is 1. The van der Waals surface area contributed by atoms with Crippen LogP contribution in [0.25, 0.3) is 11.1 Å². The first-order chi connectivity index (χ1) is 9.13. The minimum Gasteiger partial charge on any atom is -0.382 e. The molecule has 1 atom stereocenters. The van der Waals surface area contributed by atoms with Gasteiger partial charge < -0.3 is 5.32 Å². The quantitative estimate of drug-likeness (QED) is 0.773. The maximum Gasteiger partial charge on any atom is 0.0375 e. The third-order valence-corrected chi connectivity index (χ3v) is 4.05. The van der Waals surface area contributed by atoms with E-state index in [1.807, 2.05) is 0 Å². The van der Waals surface area contributed by atoms with E-state index in [4.69, 9.17) is 0 Å². The Morgan fingerprint density at radius 2 is 1.89 bits per heavy atom. The van der Waals surface area contributed by atoms with Crippen molar-refractivity contribution in [3.05, 3.63) is 53.1 Å². The lowest BCUT2D eigenvalue weighted by Gasteiger charge is -2.24. The molecule has 1 heteroatoms. The van der Waals surface area contributed by atoms with E-state index in [1.165, 1.54) is 46.3 Å². The fourth-order valence-electron chi connectivity index (χ4n) is 2.96. The molecule has 1 heterocycles. The number of fused-ring (bicyclic) bond motifs is 1. The van der Waals surface area contributed by atoms with Crippen LogP contribution in [0.15, 0.2) is 36.4 Å². The molecule has 0 fully saturated rings. The maximum atomic E-state index is 3.56. The predicted octanol–water partition coefficient (Wildman–Crippen LogP) is 4.72. The molecule has 0 aliphatic carbocycles. The second-order valence-electron chi connectivity index (χ2n) is 5.77. The van der Waals surface area contributed by atoms with Gasteiger partial charge >= 0.3 is 0 Å². The largest absolute Gasteiger partial charge is 0.382 e. The van der Waals surface area contributed by atoms with Crippen molar-refractivity contribution < 1.29 is 0 Å². The number of rotatable bonds is 1. The van der Waals surface area contributed by atoms with Gasteiger partial charge in [0.25, 0.3) is 0 Å². The summed E-state index contributed by atoms with van der Waals surface area (Å²) in [5, 5.41) is 3.56. The van der Waals surface area contributed by atoms with Crippen LogP contribution < -0.4 is 5.32 Å². The standard InChI is InChI=1S/C18H21N/c1-12-4-8-17(13(2)10-12)15-7-9-18-16(11-15)6-5-14(3)19-18/h4,7-11,14,19H,5-6H2,1-3H3. The van der Waals surface area contributed by atoms with E-state index in [0.29, 0.717) is 6.04 Å². The van der Waals surface area contributed by atoms with Crippen molar-refractivity contribution in [2.24, 2.45) is 0 Å². The lowest BCUT2D eigenvalue weighted by atomic mass is 9.93. The maximum absolute atomic E-state index is 3.56. The SMILES string of the molecule is Cc1ccc(-c2ccc3c(c2)CCC(C)N3)c(C)c1. The topological polar surface area (TPSA) is 12.0 Å². The second kappa shape index (κ2) is 4.73. The van der Waals surface area contributed by atoms with E-state index >= 15 is 0 Å². The molecule has 1 unspecified atom stereocenters. The molecule has 0 bridgehead atoms. The van der Waals surface area contributed by atoms with Gasteiger partial charge in [-0.15, -0.1) is 0 Å². The van der Waals surface area contributed by atoms with Crippen LogP contribution in [0, 0.1) is 13.8 Å². The van der Waals surface area contributed by atoms with Crippen LogP contribution in [0.3, 0.4) is 0 Å². The molecule has 0 radical (unpaired) electrons. The average Bonchev–Trinajstić information content (AvgIpc) is 2.38. The average molecular weight is 251 g/mol. The zero-order valence-corrected chi connectivity index (χ0v) is 12.0. The molecule has 1 aliphatic heterocycles. The Hall–Kier alpha value is -1.76. The minimum absolute atomic E-state index is 0.597. The highest BCUT2D eigenvalue weighted by atomic mass is 14.9. The Kier molecular flexibility index (Phi) is 3.06. The van der Waals surface area contributed by atoms with Gasteiger partial charge in [0.2, 0.25) is 0 Å². The summed E-state index contributed by atoms with van der Waals surface area (Å²) in [7, 11) is 0. The van der Waals surface area contributed by atoms with E-state index in [9.17, 15) is 0 Å². The number of nitrogens with one attached hydrogen (secondary N) is 1. The molecule has 2 aromatic carbocycles. The van der Waals surface area contributed by atoms with Gasteiger partial charge in [0.15, 0.2) is 0 Å². The van der Waals surface area contributed by atoms with E-state index in [0.717, 1.165) is 0 Å². The fraction of sp³-hybridized carbons (Fsp3) is 0.333. The molecule has 3 rings (SSSR count). The predicted molar refractivity (Wildman–Crippen MR) is 82.8 cm³/mol. The molecule has 0 spiro atoms. The molecule has 0 saturated carbocycles. The Balaban J connectivity index is 2.02. The Morgan fingerprint density at radius 3 is 2.68 bits per heavy atom.